The number of carbonyl (C=O) groups is 2. The highest BCUT2D eigenvalue weighted by Crippen LogP contribution is 2.50. The molecule has 0 unspecified atom stereocenters. The summed E-state index contributed by atoms with van der Waals surface area (Å²) in [5, 5.41) is 0. The molecule has 3 rings (SSSR count). The minimum absolute atomic E-state index is 0.145. The third-order valence-electron chi connectivity index (χ3n) is 4.27. The van der Waals surface area contributed by atoms with E-state index in [9.17, 15) is 9.59 Å². The fraction of sp³-hybridized carbons (Fsp3) is 0.714. The topological polar surface area (TPSA) is 61.8 Å². The van der Waals surface area contributed by atoms with E-state index in [1.807, 2.05) is 0 Å². The second kappa shape index (κ2) is 4.63. The van der Waals surface area contributed by atoms with Gasteiger partial charge in [-0.3, -0.25) is 9.59 Å². The van der Waals surface area contributed by atoms with E-state index < -0.39 is 12.2 Å². The number of carbonyl (C=O) groups excluding carboxylic acids is 2. The zero-order valence-corrected chi connectivity index (χ0v) is 11.1. The van der Waals surface area contributed by atoms with Crippen LogP contribution in [-0.4, -0.2) is 36.4 Å². The number of fused-ring (bicyclic) bond motifs is 5. The molecule has 0 amide bonds. The van der Waals surface area contributed by atoms with Gasteiger partial charge in [0.15, 0.2) is 12.2 Å². The maximum absolute atomic E-state index is 11.2. The van der Waals surface area contributed by atoms with Gasteiger partial charge in [0.2, 0.25) is 0 Å². The number of allylic oxidation sites excluding steroid dienone is 2. The van der Waals surface area contributed by atoms with Crippen molar-refractivity contribution in [3.05, 3.63) is 12.2 Å². The summed E-state index contributed by atoms with van der Waals surface area (Å²) in [5.74, 6) is 0.0136. The molecule has 0 spiro atoms. The van der Waals surface area contributed by atoms with Crippen molar-refractivity contribution in [3.8, 4) is 0 Å². The lowest BCUT2D eigenvalue weighted by molar-refractivity contribution is -0.169. The minimum Gasteiger partial charge on any atom is -0.456 e. The van der Waals surface area contributed by atoms with Crippen LogP contribution in [0.15, 0.2) is 12.2 Å². The molecule has 1 aliphatic carbocycles. The molecular weight excluding hydrogens is 248 g/mol. The molecule has 3 aliphatic rings. The summed E-state index contributed by atoms with van der Waals surface area (Å²) in [6.07, 6.45) is 4.97. The molecule has 5 nitrogen and oxygen atoms in total. The van der Waals surface area contributed by atoms with Gasteiger partial charge >= 0.3 is 11.9 Å². The molecule has 0 radical (unpaired) electrons. The van der Waals surface area contributed by atoms with Crippen LogP contribution in [0.5, 0.6) is 0 Å². The lowest BCUT2D eigenvalue weighted by Crippen LogP contribution is -2.50. The zero-order chi connectivity index (χ0) is 13.6. The first-order valence-corrected chi connectivity index (χ1v) is 6.73. The Morgan fingerprint density at radius 1 is 0.947 bits per heavy atom. The zero-order valence-electron chi connectivity index (χ0n) is 11.1. The van der Waals surface area contributed by atoms with Crippen LogP contribution in [-0.2, 0) is 23.8 Å². The van der Waals surface area contributed by atoms with Crippen LogP contribution in [0, 0.1) is 11.8 Å². The summed E-state index contributed by atoms with van der Waals surface area (Å²) in [6.45, 7) is 2.74. The molecule has 0 aromatic heterocycles. The van der Waals surface area contributed by atoms with Gasteiger partial charge in [0.25, 0.3) is 0 Å². The highest BCUT2D eigenvalue weighted by Gasteiger charge is 2.62. The lowest BCUT2D eigenvalue weighted by Gasteiger charge is -2.37. The first-order valence-electron chi connectivity index (χ1n) is 6.73. The highest BCUT2D eigenvalue weighted by atomic mass is 16.6. The summed E-state index contributed by atoms with van der Waals surface area (Å²) >= 11 is 0. The molecule has 0 aromatic rings. The first-order chi connectivity index (χ1) is 9.08. The van der Waals surface area contributed by atoms with Crippen LogP contribution in [0.3, 0.4) is 0 Å². The highest BCUT2D eigenvalue weighted by molar-refractivity contribution is 5.67. The molecule has 0 aromatic carbocycles. The number of ether oxygens (including phenoxy) is 3. The Bertz CT molecular complexity index is 392. The van der Waals surface area contributed by atoms with Gasteiger partial charge in [0, 0.05) is 13.8 Å². The van der Waals surface area contributed by atoms with Gasteiger partial charge in [-0.05, 0) is 24.7 Å². The average Bonchev–Trinajstić information content (AvgIpc) is 2.86. The number of hydrogen-bond donors (Lipinski definition) is 0. The molecule has 2 heterocycles. The summed E-state index contributed by atoms with van der Waals surface area (Å²) in [6, 6.07) is 0. The van der Waals surface area contributed by atoms with Crippen molar-refractivity contribution >= 4 is 11.9 Å². The van der Waals surface area contributed by atoms with Crippen LogP contribution in [0.2, 0.25) is 0 Å². The van der Waals surface area contributed by atoms with E-state index in [2.05, 4.69) is 12.2 Å². The second-order valence-corrected chi connectivity index (χ2v) is 5.48. The van der Waals surface area contributed by atoms with Crippen LogP contribution in [0.25, 0.3) is 0 Å². The normalized spacial score (nSPS) is 42.8. The first kappa shape index (κ1) is 12.7. The van der Waals surface area contributed by atoms with Crippen LogP contribution in [0.4, 0.5) is 0 Å². The molecule has 2 fully saturated rings. The van der Waals surface area contributed by atoms with Crippen LogP contribution >= 0.6 is 0 Å². The molecule has 2 saturated heterocycles. The third kappa shape index (κ3) is 2.06. The van der Waals surface area contributed by atoms with Crippen molar-refractivity contribution < 1.29 is 23.8 Å². The maximum atomic E-state index is 11.2. The monoisotopic (exact) mass is 266 g/mol. The van der Waals surface area contributed by atoms with Crippen molar-refractivity contribution in [2.75, 3.05) is 0 Å². The fourth-order valence-electron chi connectivity index (χ4n) is 3.66. The van der Waals surface area contributed by atoms with Gasteiger partial charge in [-0.2, -0.15) is 0 Å². The molecule has 2 bridgehead atoms. The van der Waals surface area contributed by atoms with Crippen molar-refractivity contribution in [1.29, 1.82) is 0 Å². The Morgan fingerprint density at radius 3 is 1.74 bits per heavy atom. The molecule has 104 valence electrons. The van der Waals surface area contributed by atoms with Crippen LogP contribution in [0.1, 0.15) is 26.7 Å². The predicted molar refractivity (Wildman–Crippen MR) is 65.1 cm³/mol. The Balaban J connectivity index is 1.84. The van der Waals surface area contributed by atoms with Gasteiger partial charge in [-0.25, -0.2) is 0 Å². The van der Waals surface area contributed by atoms with Crippen molar-refractivity contribution in [2.45, 2.75) is 51.1 Å². The number of hydrogen-bond acceptors (Lipinski definition) is 5. The smallest absolute Gasteiger partial charge is 0.303 e. The SMILES string of the molecule is CC(=O)O[C@@H]1[C@H](OC(C)=O)[C@H]2O[C@@H]1[C@@H]1CC=CC[C@@H]12. The minimum atomic E-state index is -0.459. The van der Waals surface area contributed by atoms with Gasteiger partial charge in [0.05, 0.1) is 0 Å². The Morgan fingerprint density at radius 2 is 1.37 bits per heavy atom. The average molecular weight is 266 g/mol. The van der Waals surface area contributed by atoms with Gasteiger partial charge in [-0.15, -0.1) is 0 Å². The number of rotatable bonds is 2. The van der Waals surface area contributed by atoms with Gasteiger partial charge in [-0.1, -0.05) is 12.2 Å². The standard InChI is InChI=1S/C14H18O5/c1-7(15)17-13-11-9-5-3-4-6-10(9)12(19-11)14(13)18-8(2)16/h3-4,9-14H,5-6H2,1-2H3/t9-,10+,11-,12+,13+,14-. The van der Waals surface area contributed by atoms with E-state index in [0.29, 0.717) is 11.8 Å². The van der Waals surface area contributed by atoms with Crippen LogP contribution < -0.4 is 0 Å². The molecule has 0 N–H and O–H groups in total. The van der Waals surface area contributed by atoms with E-state index in [1.165, 1.54) is 13.8 Å². The van der Waals surface area contributed by atoms with E-state index in [0.717, 1.165) is 12.8 Å². The molecule has 0 saturated carbocycles. The fourth-order valence-corrected chi connectivity index (χ4v) is 3.66. The summed E-state index contributed by atoms with van der Waals surface area (Å²) in [4.78, 5) is 22.5. The molecule has 5 heteroatoms. The van der Waals surface area contributed by atoms with E-state index in [-0.39, 0.29) is 24.1 Å². The van der Waals surface area contributed by atoms with Gasteiger partial charge < -0.3 is 14.2 Å². The number of esters is 2. The Hall–Kier alpha value is -1.36. The van der Waals surface area contributed by atoms with E-state index >= 15 is 0 Å². The van der Waals surface area contributed by atoms with E-state index in [4.69, 9.17) is 14.2 Å². The third-order valence-corrected chi connectivity index (χ3v) is 4.27. The van der Waals surface area contributed by atoms with Crippen molar-refractivity contribution in [1.82, 2.24) is 0 Å². The molecule has 19 heavy (non-hydrogen) atoms. The van der Waals surface area contributed by atoms with Crippen molar-refractivity contribution in [3.63, 3.8) is 0 Å². The van der Waals surface area contributed by atoms with Crippen molar-refractivity contribution in [2.24, 2.45) is 11.8 Å². The summed E-state index contributed by atoms with van der Waals surface area (Å²) in [7, 11) is 0. The Labute approximate surface area is 111 Å². The lowest BCUT2D eigenvalue weighted by atomic mass is 9.71. The summed E-state index contributed by atoms with van der Waals surface area (Å²) < 4.78 is 16.6. The largest absolute Gasteiger partial charge is 0.456 e. The molecular formula is C14H18O5. The second-order valence-electron chi connectivity index (χ2n) is 5.48. The van der Waals surface area contributed by atoms with Gasteiger partial charge in [0.1, 0.15) is 12.2 Å². The summed E-state index contributed by atoms with van der Waals surface area (Å²) in [5.41, 5.74) is 0. The Kier molecular flexibility index (Phi) is 3.09. The maximum Gasteiger partial charge on any atom is 0.303 e. The quantitative estimate of drug-likeness (QED) is 0.555. The van der Waals surface area contributed by atoms with E-state index in [1.54, 1.807) is 0 Å². The molecule has 2 aliphatic heterocycles. The molecule has 6 atom stereocenters. The predicted octanol–water partition coefficient (Wildman–Crippen LogP) is 1.21.